The van der Waals surface area contributed by atoms with Crippen molar-refractivity contribution in [3.8, 4) is 11.3 Å². The van der Waals surface area contributed by atoms with Gasteiger partial charge in [-0.05, 0) is 30.7 Å². The number of aryl methyl sites for hydroxylation is 1. The topological polar surface area (TPSA) is 25.8 Å². The molecule has 0 saturated heterocycles. The highest BCUT2D eigenvalue weighted by molar-refractivity contribution is 5.86. The maximum absolute atomic E-state index is 4.77. The van der Waals surface area contributed by atoms with E-state index in [2.05, 4.69) is 69.3 Å². The van der Waals surface area contributed by atoms with Crippen molar-refractivity contribution >= 4 is 21.8 Å². The summed E-state index contributed by atoms with van der Waals surface area (Å²) in [5, 5.41) is 2.33. The Bertz CT molecular complexity index is 990. The number of hydrogen-bond acceptors (Lipinski definition) is 2. The van der Waals surface area contributed by atoms with Gasteiger partial charge in [-0.3, -0.25) is 4.98 Å². The molecular weight excluding hydrogens is 352 g/mol. The predicted octanol–water partition coefficient (Wildman–Crippen LogP) is 8.48. The summed E-state index contributed by atoms with van der Waals surface area (Å²) in [6.07, 6.45) is 2.20. The van der Waals surface area contributed by atoms with Crippen molar-refractivity contribution in [1.29, 1.82) is 0 Å². The minimum atomic E-state index is 0.953. The van der Waals surface area contributed by atoms with E-state index in [1.165, 1.54) is 17.2 Å². The van der Waals surface area contributed by atoms with Gasteiger partial charge in [-0.2, -0.15) is 0 Å². The van der Waals surface area contributed by atoms with Gasteiger partial charge in [0.1, 0.15) is 0 Å². The van der Waals surface area contributed by atoms with Crippen molar-refractivity contribution in [2.75, 3.05) is 0 Å². The van der Waals surface area contributed by atoms with E-state index in [-0.39, 0.29) is 0 Å². The molecule has 154 valence electrons. The van der Waals surface area contributed by atoms with Gasteiger partial charge in [0, 0.05) is 22.0 Å². The molecule has 0 saturated carbocycles. The van der Waals surface area contributed by atoms with Gasteiger partial charge in [0.25, 0.3) is 0 Å². The molecule has 0 aliphatic rings. The van der Waals surface area contributed by atoms with Gasteiger partial charge in [0.05, 0.1) is 16.7 Å². The SMILES string of the molecule is CC.CC.CCC.CCc1ccc2ccc(-c3ccc4ccccc4n3)cc2n1. The van der Waals surface area contributed by atoms with Gasteiger partial charge in [-0.25, -0.2) is 4.98 Å². The van der Waals surface area contributed by atoms with Gasteiger partial charge < -0.3 is 0 Å². The third kappa shape index (κ3) is 6.67. The zero-order valence-electron chi connectivity index (χ0n) is 19.2. The van der Waals surface area contributed by atoms with Crippen LogP contribution in [0.15, 0.2) is 66.7 Å². The van der Waals surface area contributed by atoms with Crippen LogP contribution in [0.2, 0.25) is 0 Å². The molecule has 0 aliphatic carbocycles. The number of fused-ring (bicyclic) bond motifs is 2. The molecule has 4 aromatic rings. The van der Waals surface area contributed by atoms with Crippen LogP contribution in [0, 0.1) is 0 Å². The normalized spacial score (nSPS) is 9.48. The lowest BCUT2D eigenvalue weighted by Crippen LogP contribution is -1.89. The highest BCUT2D eigenvalue weighted by atomic mass is 14.7. The largest absolute Gasteiger partial charge is 0.253 e. The van der Waals surface area contributed by atoms with Crippen molar-refractivity contribution < 1.29 is 0 Å². The van der Waals surface area contributed by atoms with Gasteiger partial charge in [0.15, 0.2) is 0 Å². The van der Waals surface area contributed by atoms with E-state index in [9.17, 15) is 0 Å². The molecule has 0 radical (unpaired) electrons. The van der Waals surface area contributed by atoms with Crippen molar-refractivity contribution in [2.45, 2.75) is 61.3 Å². The number of hydrogen-bond donors (Lipinski definition) is 0. The summed E-state index contributed by atoms with van der Waals surface area (Å²) in [7, 11) is 0. The van der Waals surface area contributed by atoms with Crippen LogP contribution in [-0.2, 0) is 6.42 Å². The standard InChI is InChI=1S/C20H16N2.C3H8.2C2H6/c1-2-17-11-9-15-7-8-16(13-20(15)21-17)19-12-10-14-5-3-4-6-18(14)22-19;1-3-2;2*1-2/h3-13H,2H2,1H3;3H2,1-2H3;2*1-2H3. The first-order valence-electron chi connectivity index (χ1n) is 11.0. The Balaban J connectivity index is 0.000000540. The molecule has 2 heterocycles. The fourth-order valence-corrected chi connectivity index (χ4v) is 2.74. The minimum absolute atomic E-state index is 0.953. The van der Waals surface area contributed by atoms with Crippen LogP contribution in [0.1, 0.15) is 60.6 Å². The maximum Gasteiger partial charge on any atom is 0.0712 e. The van der Waals surface area contributed by atoms with Crippen molar-refractivity contribution in [2.24, 2.45) is 0 Å². The highest BCUT2D eigenvalue weighted by Gasteiger charge is 2.04. The van der Waals surface area contributed by atoms with Crippen molar-refractivity contribution in [3.05, 3.63) is 72.4 Å². The second kappa shape index (κ2) is 13.4. The first-order chi connectivity index (χ1) is 14.2. The number of benzene rings is 2. The fraction of sp³-hybridized carbons (Fsp3) is 0.333. The predicted molar refractivity (Wildman–Crippen MR) is 131 cm³/mol. The van der Waals surface area contributed by atoms with Crippen molar-refractivity contribution in [1.82, 2.24) is 9.97 Å². The van der Waals surface area contributed by atoms with E-state index in [4.69, 9.17) is 9.97 Å². The molecule has 0 N–H and O–H groups in total. The Hall–Kier alpha value is -2.74. The molecule has 29 heavy (non-hydrogen) atoms. The summed E-state index contributed by atoms with van der Waals surface area (Å²) in [6.45, 7) is 14.4. The third-order valence-corrected chi connectivity index (χ3v) is 4.01. The Kier molecular flexibility index (Phi) is 11.3. The molecule has 0 bridgehead atoms. The molecule has 2 nitrogen and oxygen atoms in total. The molecule has 0 spiro atoms. The van der Waals surface area contributed by atoms with Gasteiger partial charge >= 0.3 is 0 Å². The molecular formula is C27H36N2. The van der Waals surface area contributed by atoms with E-state index in [0.717, 1.165) is 34.4 Å². The van der Waals surface area contributed by atoms with E-state index in [0.29, 0.717) is 0 Å². The second-order valence-corrected chi connectivity index (χ2v) is 6.16. The Morgan fingerprint density at radius 2 is 1.21 bits per heavy atom. The van der Waals surface area contributed by atoms with Crippen LogP contribution in [0.3, 0.4) is 0 Å². The smallest absolute Gasteiger partial charge is 0.0712 e. The molecule has 0 amide bonds. The molecule has 2 aromatic heterocycles. The van der Waals surface area contributed by atoms with Gasteiger partial charge in [-0.1, -0.05) is 97.4 Å². The van der Waals surface area contributed by atoms with E-state index in [1.807, 2.05) is 45.9 Å². The monoisotopic (exact) mass is 388 g/mol. The number of pyridine rings is 2. The lowest BCUT2D eigenvalue weighted by molar-refractivity contribution is 1.06. The number of nitrogens with zero attached hydrogens (tertiary/aromatic N) is 2. The first-order valence-corrected chi connectivity index (χ1v) is 11.0. The van der Waals surface area contributed by atoms with Crippen LogP contribution in [-0.4, -0.2) is 9.97 Å². The summed E-state index contributed by atoms with van der Waals surface area (Å²) in [5.41, 5.74) is 5.28. The fourth-order valence-electron chi connectivity index (χ4n) is 2.74. The number of rotatable bonds is 2. The van der Waals surface area contributed by atoms with E-state index < -0.39 is 0 Å². The van der Waals surface area contributed by atoms with Crippen LogP contribution in [0.5, 0.6) is 0 Å². The molecule has 0 unspecified atom stereocenters. The minimum Gasteiger partial charge on any atom is -0.253 e. The Morgan fingerprint density at radius 3 is 1.90 bits per heavy atom. The summed E-state index contributed by atoms with van der Waals surface area (Å²) >= 11 is 0. The van der Waals surface area contributed by atoms with E-state index in [1.54, 1.807) is 0 Å². The average molecular weight is 389 g/mol. The number of aromatic nitrogens is 2. The Labute approximate surface area is 177 Å². The summed E-state index contributed by atoms with van der Waals surface area (Å²) < 4.78 is 0. The number of para-hydroxylation sites is 1. The van der Waals surface area contributed by atoms with E-state index >= 15 is 0 Å². The van der Waals surface area contributed by atoms with Crippen LogP contribution in [0.25, 0.3) is 33.1 Å². The van der Waals surface area contributed by atoms with Crippen LogP contribution in [0.4, 0.5) is 0 Å². The summed E-state index contributed by atoms with van der Waals surface area (Å²) in [4.78, 5) is 9.48. The third-order valence-electron chi connectivity index (χ3n) is 4.01. The average Bonchev–Trinajstić information content (AvgIpc) is 2.81. The quantitative estimate of drug-likeness (QED) is 0.344. The van der Waals surface area contributed by atoms with Gasteiger partial charge in [-0.15, -0.1) is 0 Å². The molecule has 0 atom stereocenters. The van der Waals surface area contributed by atoms with Crippen molar-refractivity contribution in [3.63, 3.8) is 0 Å². The zero-order valence-corrected chi connectivity index (χ0v) is 19.2. The van der Waals surface area contributed by atoms with Crippen LogP contribution >= 0.6 is 0 Å². The molecule has 2 aromatic carbocycles. The van der Waals surface area contributed by atoms with Gasteiger partial charge in [0.2, 0.25) is 0 Å². The highest BCUT2D eigenvalue weighted by Crippen LogP contribution is 2.24. The first kappa shape index (κ1) is 24.3. The lowest BCUT2D eigenvalue weighted by Gasteiger charge is -2.06. The zero-order chi connectivity index (χ0) is 21.6. The summed E-state index contributed by atoms with van der Waals surface area (Å²) in [6, 6.07) is 23.0. The Morgan fingerprint density at radius 1 is 0.621 bits per heavy atom. The molecule has 0 aliphatic heterocycles. The molecule has 2 heteroatoms. The lowest BCUT2D eigenvalue weighted by atomic mass is 10.1. The molecule has 0 fully saturated rings. The van der Waals surface area contributed by atoms with Crippen LogP contribution < -0.4 is 0 Å². The summed E-state index contributed by atoms with van der Waals surface area (Å²) in [5.74, 6) is 0. The maximum atomic E-state index is 4.77. The second-order valence-electron chi connectivity index (χ2n) is 6.16. The molecule has 4 rings (SSSR count).